The summed E-state index contributed by atoms with van der Waals surface area (Å²) in [6.07, 6.45) is 3.61. The van der Waals surface area contributed by atoms with Gasteiger partial charge in [-0.25, -0.2) is 0 Å². The fourth-order valence-corrected chi connectivity index (χ4v) is 4.38. The number of benzene rings is 3. The molecule has 0 fully saturated rings. The van der Waals surface area contributed by atoms with Gasteiger partial charge in [0.15, 0.2) is 5.82 Å². The van der Waals surface area contributed by atoms with Crippen molar-refractivity contribution in [2.45, 2.75) is 37.3 Å². The molecule has 0 amide bonds. The summed E-state index contributed by atoms with van der Waals surface area (Å²) in [4.78, 5) is 0. The minimum Gasteiger partial charge on any atom is -0.489 e. The molecule has 0 aliphatic heterocycles. The number of halogens is 2. The molecule has 4 rings (SSSR count). The van der Waals surface area contributed by atoms with Gasteiger partial charge >= 0.3 is 0 Å². The molecule has 0 spiro atoms. The second-order valence-electron chi connectivity index (χ2n) is 7.60. The van der Waals surface area contributed by atoms with E-state index in [0.29, 0.717) is 6.61 Å². The zero-order valence-corrected chi connectivity index (χ0v) is 21.9. The summed E-state index contributed by atoms with van der Waals surface area (Å²) in [5.74, 6) is 2.43. The van der Waals surface area contributed by atoms with Gasteiger partial charge < -0.3 is 4.74 Å². The highest BCUT2D eigenvalue weighted by Crippen LogP contribution is 2.23. The van der Waals surface area contributed by atoms with Crippen LogP contribution in [0.1, 0.15) is 35.9 Å². The minimum absolute atomic E-state index is 0.524. The van der Waals surface area contributed by atoms with Gasteiger partial charge in [-0.15, -0.1) is 10.2 Å². The molecule has 0 N–H and O–H groups in total. The van der Waals surface area contributed by atoms with Crippen molar-refractivity contribution in [1.82, 2.24) is 14.9 Å². The number of aryl methyl sites for hydroxylation is 1. The highest BCUT2D eigenvalue weighted by atomic mass is 79.9. The van der Waals surface area contributed by atoms with Crippen LogP contribution in [0.4, 0.5) is 0 Å². The Kier molecular flexibility index (Phi) is 8.79. The van der Waals surface area contributed by atoms with E-state index in [2.05, 4.69) is 33.1 Å². The maximum atomic E-state index is 5.99. The number of rotatable bonds is 10. The predicted octanol–water partition coefficient (Wildman–Crippen LogP) is 7.40. The van der Waals surface area contributed by atoms with E-state index in [1.807, 2.05) is 83.7 Å². The quantitative estimate of drug-likeness (QED) is 0.151. The first kappa shape index (κ1) is 24.5. The highest BCUT2D eigenvalue weighted by molar-refractivity contribution is 9.10. The molecule has 0 bridgehead atoms. The van der Waals surface area contributed by atoms with Crippen molar-refractivity contribution >= 4 is 45.5 Å². The Labute approximate surface area is 217 Å². The average Bonchev–Trinajstić information content (AvgIpc) is 3.24. The van der Waals surface area contributed by atoms with Crippen LogP contribution >= 0.6 is 39.3 Å². The summed E-state index contributed by atoms with van der Waals surface area (Å²) >= 11 is 11.0. The zero-order chi connectivity index (χ0) is 23.8. The van der Waals surface area contributed by atoms with Crippen molar-refractivity contribution in [3.05, 3.63) is 105 Å². The monoisotopic (exact) mass is 554 g/mol. The molecule has 3 aromatic carbocycles. The lowest BCUT2D eigenvalue weighted by molar-refractivity contribution is 0.306. The summed E-state index contributed by atoms with van der Waals surface area (Å²) in [5.41, 5.74) is 3.26. The lowest BCUT2D eigenvalue weighted by Gasteiger charge is -2.07. The van der Waals surface area contributed by atoms with E-state index in [4.69, 9.17) is 21.4 Å². The molecule has 34 heavy (non-hydrogen) atoms. The largest absolute Gasteiger partial charge is 0.489 e. The number of nitrogens with zero attached hydrogens (tertiary/aromatic N) is 4. The Morgan fingerprint density at radius 2 is 1.68 bits per heavy atom. The molecule has 5 nitrogen and oxygen atoms in total. The van der Waals surface area contributed by atoms with Crippen LogP contribution in [-0.2, 0) is 18.8 Å². The van der Waals surface area contributed by atoms with Gasteiger partial charge in [0.25, 0.3) is 0 Å². The van der Waals surface area contributed by atoms with Crippen molar-refractivity contribution < 1.29 is 4.74 Å². The molecule has 0 saturated heterocycles. The number of thioether (sulfide) groups is 1. The Balaban J connectivity index is 1.41. The third-order valence-corrected chi connectivity index (χ3v) is 6.72. The normalized spacial score (nSPS) is 11.3. The summed E-state index contributed by atoms with van der Waals surface area (Å²) in [7, 11) is 0. The van der Waals surface area contributed by atoms with Gasteiger partial charge in [0.2, 0.25) is 5.16 Å². The van der Waals surface area contributed by atoms with E-state index in [-0.39, 0.29) is 0 Å². The van der Waals surface area contributed by atoms with Crippen molar-refractivity contribution in [3.63, 3.8) is 0 Å². The summed E-state index contributed by atoms with van der Waals surface area (Å²) < 4.78 is 8.78. The molecule has 0 aliphatic rings. The number of hydrogen-bond donors (Lipinski definition) is 0. The van der Waals surface area contributed by atoms with E-state index in [0.717, 1.165) is 55.9 Å². The van der Waals surface area contributed by atoms with Crippen molar-refractivity contribution in [3.8, 4) is 5.75 Å². The summed E-state index contributed by atoms with van der Waals surface area (Å²) in [5, 5.41) is 14.9. The van der Waals surface area contributed by atoms with Crippen molar-refractivity contribution in [1.29, 1.82) is 0 Å². The predicted molar refractivity (Wildman–Crippen MR) is 143 cm³/mol. The van der Waals surface area contributed by atoms with Crippen LogP contribution in [0.25, 0.3) is 0 Å². The maximum Gasteiger partial charge on any atom is 0.212 e. The van der Waals surface area contributed by atoms with Gasteiger partial charge in [-0.1, -0.05) is 70.5 Å². The van der Waals surface area contributed by atoms with Crippen LogP contribution in [0.15, 0.2) is 87.5 Å². The standard InChI is InChI=1S/C26H24BrClN4OS/c1-2-3-25-30-31-26(34-18-21-6-12-23(28)13-7-21)32(25)29-16-19-8-14-24(15-9-19)33-17-20-4-10-22(27)11-5-20/h4-16H,2-3,17-18H2,1H3/b29-16+. The fraction of sp³-hybridized carbons (Fsp3) is 0.192. The molecule has 1 aromatic heterocycles. The van der Waals surface area contributed by atoms with Crippen molar-refractivity contribution in [2.24, 2.45) is 5.10 Å². The minimum atomic E-state index is 0.524. The van der Waals surface area contributed by atoms with Crippen LogP contribution < -0.4 is 4.74 Å². The topological polar surface area (TPSA) is 52.3 Å². The molecule has 4 aromatic rings. The molecule has 0 saturated carbocycles. The van der Waals surface area contributed by atoms with Gasteiger partial charge in [-0.2, -0.15) is 9.78 Å². The van der Waals surface area contributed by atoms with Gasteiger partial charge in [0, 0.05) is 21.7 Å². The number of hydrogen-bond acceptors (Lipinski definition) is 5. The van der Waals surface area contributed by atoms with Gasteiger partial charge in [-0.3, -0.25) is 0 Å². The lowest BCUT2D eigenvalue weighted by Crippen LogP contribution is -2.00. The van der Waals surface area contributed by atoms with Gasteiger partial charge in [-0.05, 0) is 71.6 Å². The molecule has 0 aliphatic carbocycles. The SMILES string of the molecule is CCCc1nnc(SCc2ccc(Cl)cc2)n1/N=C/c1ccc(OCc2ccc(Br)cc2)cc1. The fourth-order valence-electron chi connectivity index (χ4n) is 3.13. The smallest absolute Gasteiger partial charge is 0.212 e. The molecule has 174 valence electrons. The molecule has 1 heterocycles. The Morgan fingerprint density at radius 3 is 2.38 bits per heavy atom. The molecular weight excluding hydrogens is 532 g/mol. The maximum absolute atomic E-state index is 5.99. The van der Waals surface area contributed by atoms with E-state index in [1.54, 1.807) is 11.8 Å². The zero-order valence-electron chi connectivity index (χ0n) is 18.7. The summed E-state index contributed by atoms with van der Waals surface area (Å²) in [6.45, 7) is 2.65. The van der Waals surface area contributed by atoms with Crippen LogP contribution in [0, 0.1) is 0 Å². The van der Waals surface area contributed by atoms with Gasteiger partial charge in [0.1, 0.15) is 12.4 Å². The molecule has 0 radical (unpaired) electrons. The summed E-state index contributed by atoms with van der Waals surface area (Å²) in [6, 6.07) is 23.8. The first-order chi connectivity index (χ1) is 16.6. The lowest BCUT2D eigenvalue weighted by atomic mass is 10.2. The first-order valence-electron chi connectivity index (χ1n) is 10.9. The third kappa shape index (κ3) is 6.95. The number of aromatic nitrogens is 3. The Bertz CT molecular complexity index is 1230. The first-order valence-corrected chi connectivity index (χ1v) is 13.1. The van der Waals surface area contributed by atoms with Crippen LogP contribution in [0.3, 0.4) is 0 Å². The van der Waals surface area contributed by atoms with Crippen molar-refractivity contribution in [2.75, 3.05) is 0 Å². The molecule has 0 atom stereocenters. The highest BCUT2D eigenvalue weighted by Gasteiger charge is 2.11. The van der Waals surface area contributed by atoms with E-state index in [9.17, 15) is 0 Å². The van der Waals surface area contributed by atoms with E-state index >= 15 is 0 Å². The van der Waals surface area contributed by atoms with Crippen LogP contribution in [0.5, 0.6) is 5.75 Å². The van der Waals surface area contributed by atoms with Gasteiger partial charge in [0.05, 0.1) is 6.21 Å². The Morgan fingerprint density at radius 1 is 0.971 bits per heavy atom. The molecular formula is C26H24BrClN4OS. The average molecular weight is 556 g/mol. The Hall–Kier alpha value is -2.61. The second-order valence-corrected chi connectivity index (χ2v) is 9.90. The van der Waals surface area contributed by atoms with Crippen LogP contribution in [0.2, 0.25) is 5.02 Å². The van der Waals surface area contributed by atoms with Crippen LogP contribution in [-0.4, -0.2) is 21.1 Å². The third-order valence-electron chi connectivity index (χ3n) is 4.95. The number of ether oxygens (including phenoxy) is 1. The van der Waals surface area contributed by atoms with E-state index in [1.165, 1.54) is 5.56 Å². The molecule has 8 heteroatoms. The molecule has 0 unspecified atom stereocenters. The van der Waals surface area contributed by atoms with E-state index < -0.39 is 0 Å². The second kappa shape index (κ2) is 12.2.